The Morgan fingerprint density at radius 1 is 0.941 bits per heavy atom. The van der Waals surface area contributed by atoms with Crippen LogP contribution in [0.2, 0.25) is 0 Å². The Morgan fingerprint density at radius 2 is 1.47 bits per heavy atom. The second-order valence-electron chi connectivity index (χ2n) is 12.4. The number of piperazine rings is 1. The van der Waals surface area contributed by atoms with E-state index in [0.717, 1.165) is 11.9 Å². The van der Waals surface area contributed by atoms with Gasteiger partial charge >= 0.3 is 13.2 Å². The third kappa shape index (κ3) is 6.14. The molecule has 2 saturated heterocycles. The van der Waals surface area contributed by atoms with Crippen LogP contribution in [-0.4, -0.2) is 71.9 Å². The van der Waals surface area contributed by atoms with Gasteiger partial charge < -0.3 is 23.8 Å². The first-order chi connectivity index (χ1) is 15.5. The Bertz CT molecular complexity index is 898. The summed E-state index contributed by atoms with van der Waals surface area (Å²) in [5.74, 6) is -0.0561. The van der Waals surface area contributed by atoms with E-state index in [-0.39, 0.29) is 17.4 Å². The van der Waals surface area contributed by atoms with Crippen LogP contribution in [0.3, 0.4) is 0 Å². The van der Waals surface area contributed by atoms with Gasteiger partial charge in [-0.3, -0.25) is 4.79 Å². The van der Waals surface area contributed by atoms with Crippen LogP contribution in [0.4, 0.5) is 4.79 Å². The predicted octanol–water partition coefficient (Wildman–Crippen LogP) is 4.10. The summed E-state index contributed by atoms with van der Waals surface area (Å²) in [4.78, 5) is 29.4. The minimum atomic E-state index is -0.545. The Morgan fingerprint density at radius 3 is 2.00 bits per heavy atom. The van der Waals surface area contributed by atoms with E-state index in [0.29, 0.717) is 31.7 Å². The highest BCUT2D eigenvalue weighted by Crippen LogP contribution is 2.36. The van der Waals surface area contributed by atoms with Crippen LogP contribution < -0.4 is 5.46 Å². The predicted molar refractivity (Wildman–Crippen MR) is 134 cm³/mol. The van der Waals surface area contributed by atoms with Gasteiger partial charge in [0.25, 0.3) is 5.91 Å². The monoisotopic (exact) mass is 472 g/mol. The van der Waals surface area contributed by atoms with Crippen molar-refractivity contribution in [1.29, 1.82) is 0 Å². The highest BCUT2D eigenvalue weighted by atomic mass is 16.7. The van der Waals surface area contributed by atoms with E-state index in [1.54, 1.807) is 9.80 Å². The highest BCUT2D eigenvalue weighted by molar-refractivity contribution is 6.62. The fourth-order valence-corrected chi connectivity index (χ4v) is 4.69. The zero-order valence-corrected chi connectivity index (χ0v) is 22.4. The summed E-state index contributed by atoms with van der Waals surface area (Å²) >= 11 is 0. The largest absolute Gasteiger partial charge is 0.494 e. The fraction of sp³-hybridized carbons (Fsp3) is 0.692. The van der Waals surface area contributed by atoms with Gasteiger partial charge in [0.2, 0.25) is 0 Å². The molecule has 0 atom stereocenters. The second kappa shape index (κ2) is 9.19. The third-order valence-corrected chi connectivity index (χ3v) is 6.80. The molecule has 2 fully saturated rings. The summed E-state index contributed by atoms with van der Waals surface area (Å²) in [6.07, 6.45) is 0.452. The van der Waals surface area contributed by atoms with Crippen molar-refractivity contribution in [2.75, 3.05) is 26.2 Å². The number of ether oxygens (including phenoxy) is 1. The lowest BCUT2D eigenvalue weighted by atomic mass is 9.78. The van der Waals surface area contributed by atoms with Gasteiger partial charge in [-0.2, -0.15) is 0 Å². The van der Waals surface area contributed by atoms with E-state index in [1.807, 2.05) is 65.8 Å². The number of carbonyl (C=O) groups is 2. The average Bonchev–Trinajstić information content (AvgIpc) is 2.92. The summed E-state index contributed by atoms with van der Waals surface area (Å²) in [6, 6.07) is 7.44. The van der Waals surface area contributed by atoms with Crippen molar-refractivity contribution in [2.24, 2.45) is 5.41 Å². The van der Waals surface area contributed by atoms with Crippen molar-refractivity contribution < 1.29 is 23.6 Å². The van der Waals surface area contributed by atoms with Crippen LogP contribution in [0.15, 0.2) is 24.3 Å². The molecule has 0 spiro atoms. The lowest BCUT2D eigenvalue weighted by molar-refractivity contribution is -0.0156. The van der Waals surface area contributed by atoms with Crippen LogP contribution in [0.25, 0.3) is 0 Å². The number of carbonyl (C=O) groups excluding carboxylic acids is 2. The van der Waals surface area contributed by atoms with Crippen molar-refractivity contribution >= 4 is 24.6 Å². The molecule has 1 aromatic carbocycles. The smallest absolute Gasteiger partial charge is 0.443 e. The molecule has 2 amide bonds. The van der Waals surface area contributed by atoms with E-state index < -0.39 is 23.9 Å². The molecule has 0 N–H and O–H groups in total. The SMILES string of the molecule is CC(C)(C)CC(C)(C)OC(=O)N1CCN(C(=O)c2cccc(B3OC(C)(C)C(C)(C)O3)c2)CC1. The molecule has 8 heteroatoms. The first-order valence-corrected chi connectivity index (χ1v) is 12.2. The highest BCUT2D eigenvalue weighted by Gasteiger charge is 2.51. The van der Waals surface area contributed by atoms with Crippen LogP contribution in [-0.2, 0) is 14.0 Å². The first kappa shape index (κ1) is 26.5. The Balaban J connectivity index is 1.59. The molecule has 7 nitrogen and oxygen atoms in total. The maximum absolute atomic E-state index is 13.2. The van der Waals surface area contributed by atoms with Gasteiger partial charge in [-0.15, -0.1) is 0 Å². The number of rotatable bonds is 4. The Hall–Kier alpha value is -2.06. The molecule has 1 aromatic rings. The molecular formula is C26H41BN2O5. The normalized spacial score (nSPS) is 20.4. The van der Waals surface area contributed by atoms with Crippen LogP contribution >= 0.6 is 0 Å². The summed E-state index contributed by atoms with van der Waals surface area (Å²) in [5.41, 5.74) is 0.0517. The van der Waals surface area contributed by atoms with E-state index in [4.69, 9.17) is 14.0 Å². The fourth-order valence-electron chi connectivity index (χ4n) is 4.69. The topological polar surface area (TPSA) is 68.3 Å². The molecule has 34 heavy (non-hydrogen) atoms. The molecule has 2 aliphatic heterocycles. The van der Waals surface area contributed by atoms with Crippen molar-refractivity contribution in [3.63, 3.8) is 0 Å². The number of amides is 2. The Kier molecular flexibility index (Phi) is 7.18. The zero-order valence-electron chi connectivity index (χ0n) is 22.4. The molecule has 0 bridgehead atoms. The zero-order chi connectivity index (χ0) is 25.5. The van der Waals surface area contributed by atoms with Crippen molar-refractivity contribution in [3.05, 3.63) is 29.8 Å². The number of benzene rings is 1. The van der Waals surface area contributed by atoms with Crippen molar-refractivity contribution in [3.8, 4) is 0 Å². The van der Waals surface area contributed by atoms with Crippen LogP contribution in [0.5, 0.6) is 0 Å². The number of hydrogen-bond acceptors (Lipinski definition) is 5. The summed E-state index contributed by atoms with van der Waals surface area (Å²) in [5, 5.41) is 0. The lowest BCUT2D eigenvalue weighted by Gasteiger charge is -2.37. The molecule has 0 aliphatic carbocycles. The van der Waals surface area contributed by atoms with E-state index >= 15 is 0 Å². The van der Waals surface area contributed by atoms with Gasteiger partial charge in [0, 0.05) is 31.7 Å². The van der Waals surface area contributed by atoms with Gasteiger partial charge in [0.1, 0.15) is 5.60 Å². The molecule has 3 rings (SSSR count). The molecule has 0 radical (unpaired) electrons. The van der Waals surface area contributed by atoms with Crippen molar-refractivity contribution in [2.45, 2.75) is 85.5 Å². The summed E-state index contributed by atoms with van der Waals surface area (Å²) < 4.78 is 18.1. The van der Waals surface area contributed by atoms with Crippen LogP contribution in [0, 0.1) is 5.41 Å². The van der Waals surface area contributed by atoms with E-state index in [9.17, 15) is 9.59 Å². The van der Waals surface area contributed by atoms with Gasteiger partial charge in [0.15, 0.2) is 0 Å². The average molecular weight is 472 g/mol. The molecule has 2 heterocycles. The quantitative estimate of drug-likeness (QED) is 0.618. The molecule has 0 unspecified atom stereocenters. The minimum Gasteiger partial charge on any atom is -0.443 e. The second-order valence-corrected chi connectivity index (χ2v) is 12.4. The molecule has 0 saturated carbocycles. The van der Waals surface area contributed by atoms with E-state index in [1.165, 1.54) is 0 Å². The minimum absolute atomic E-state index is 0.0561. The van der Waals surface area contributed by atoms with Gasteiger partial charge in [-0.1, -0.05) is 32.9 Å². The maximum atomic E-state index is 13.2. The number of nitrogens with zero attached hydrogens (tertiary/aromatic N) is 2. The van der Waals surface area contributed by atoms with E-state index in [2.05, 4.69) is 20.8 Å². The van der Waals surface area contributed by atoms with Gasteiger partial charge in [-0.05, 0) is 71.0 Å². The molecule has 188 valence electrons. The molecular weight excluding hydrogens is 431 g/mol. The van der Waals surface area contributed by atoms with Gasteiger partial charge in [-0.25, -0.2) is 4.79 Å². The van der Waals surface area contributed by atoms with Gasteiger partial charge in [0.05, 0.1) is 11.2 Å². The summed E-state index contributed by atoms with van der Waals surface area (Å²) in [7, 11) is -0.513. The Labute approximate surface area is 205 Å². The molecule has 2 aliphatic rings. The third-order valence-electron chi connectivity index (χ3n) is 6.80. The van der Waals surface area contributed by atoms with Crippen molar-refractivity contribution in [1.82, 2.24) is 9.80 Å². The number of hydrogen-bond donors (Lipinski definition) is 0. The molecule has 0 aromatic heterocycles. The lowest BCUT2D eigenvalue weighted by Crippen LogP contribution is -2.52. The maximum Gasteiger partial charge on any atom is 0.494 e. The standard InChI is InChI=1S/C26H41BN2O5/c1-23(2,3)18-24(4,5)32-22(31)29-15-13-28(14-16-29)21(30)19-11-10-12-20(17-19)27-33-25(6,7)26(8,9)34-27/h10-12,17H,13-16,18H2,1-9H3. The first-order valence-electron chi connectivity index (χ1n) is 12.2. The summed E-state index contributed by atoms with van der Waals surface area (Å²) in [6.45, 7) is 20.2. The van der Waals surface area contributed by atoms with Crippen LogP contribution in [0.1, 0.15) is 79.1 Å².